The summed E-state index contributed by atoms with van der Waals surface area (Å²) in [7, 11) is 1.65. The van der Waals surface area contributed by atoms with Crippen LogP contribution in [-0.2, 0) is 4.79 Å². The zero-order valence-electron chi connectivity index (χ0n) is 13.9. The van der Waals surface area contributed by atoms with Crippen molar-refractivity contribution in [3.05, 3.63) is 72.3 Å². The Kier molecular flexibility index (Phi) is 5.26. The Morgan fingerprint density at radius 2 is 1.80 bits per heavy atom. The van der Waals surface area contributed by atoms with Gasteiger partial charge in [0, 0.05) is 5.69 Å². The number of carbonyl (C=O) groups excluding carboxylic acids is 1. The van der Waals surface area contributed by atoms with E-state index in [9.17, 15) is 4.79 Å². The summed E-state index contributed by atoms with van der Waals surface area (Å²) in [5, 5.41) is 9.21. The van der Waals surface area contributed by atoms with Crippen LogP contribution in [0.3, 0.4) is 0 Å². The molecule has 0 saturated heterocycles. The van der Waals surface area contributed by atoms with Crippen LogP contribution in [0.15, 0.2) is 71.8 Å². The Labute approximate surface area is 146 Å². The van der Waals surface area contributed by atoms with E-state index in [-0.39, 0.29) is 12.5 Å². The van der Waals surface area contributed by atoms with Crippen LogP contribution in [0.25, 0.3) is 10.8 Å². The smallest absolute Gasteiger partial charge is 0.259 e. The van der Waals surface area contributed by atoms with Crippen LogP contribution in [0.4, 0.5) is 5.69 Å². The molecule has 25 heavy (non-hydrogen) atoms. The van der Waals surface area contributed by atoms with Crippen molar-refractivity contribution in [2.75, 3.05) is 19.0 Å². The molecule has 5 nitrogen and oxygen atoms in total. The van der Waals surface area contributed by atoms with Crippen LogP contribution in [0.2, 0.25) is 0 Å². The molecular formula is C20H19N3O2. The Morgan fingerprint density at radius 1 is 1.04 bits per heavy atom. The van der Waals surface area contributed by atoms with Crippen molar-refractivity contribution in [1.29, 1.82) is 0 Å². The largest absolute Gasteiger partial charge is 0.497 e. The molecule has 0 spiro atoms. The number of rotatable bonds is 6. The van der Waals surface area contributed by atoms with Crippen LogP contribution in [0.5, 0.6) is 5.75 Å². The first-order valence-electron chi connectivity index (χ1n) is 7.93. The van der Waals surface area contributed by atoms with E-state index in [1.807, 2.05) is 66.7 Å². The highest BCUT2D eigenvalue weighted by Crippen LogP contribution is 2.21. The van der Waals surface area contributed by atoms with Gasteiger partial charge in [-0.3, -0.25) is 4.79 Å². The first-order valence-corrected chi connectivity index (χ1v) is 7.93. The molecule has 0 heterocycles. The van der Waals surface area contributed by atoms with Gasteiger partial charge in [-0.1, -0.05) is 36.4 Å². The van der Waals surface area contributed by atoms with Gasteiger partial charge in [0.1, 0.15) is 5.75 Å². The molecule has 3 rings (SSSR count). The second-order valence-electron chi connectivity index (χ2n) is 5.49. The molecule has 0 radical (unpaired) electrons. The SMILES string of the molecule is COc1ccc2cc(/C=N\NC(=O)CNc3ccccc3)ccc2c1. The van der Waals surface area contributed by atoms with E-state index in [0.29, 0.717) is 0 Å². The molecule has 0 fully saturated rings. The third-order valence-electron chi connectivity index (χ3n) is 3.70. The molecule has 0 aliphatic rings. The monoisotopic (exact) mass is 333 g/mol. The maximum Gasteiger partial charge on any atom is 0.259 e. The lowest BCUT2D eigenvalue weighted by Gasteiger charge is -2.05. The number of anilines is 1. The molecule has 3 aromatic carbocycles. The van der Waals surface area contributed by atoms with E-state index in [2.05, 4.69) is 15.8 Å². The summed E-state index contributed by atoms with van der Waals surface area (Å²) in [6.07, 6.45) is 1.63. The van der Waals surface area contributed by atoms with Gasteiger partial charge in [0.2, 0.25) is 0 Å². The van der Waals surface area contributed by atoms with Crippen molar-refractivity contribution >= 4 is 28.6 Å². The van der Waals surface area contributed by atoms with E-state index in [1.54, 1.807) is 13.3 Å². The second-order valence-corrected chi connectivity index (χ2v) is 5.49. The number of nitrogens with zero attached hydrogens (tertiary/aromatic N) is 1. The summed E-state index contributed by atoms with van der Waals surface area (Å²) in [6, 6.07) is 21.4. The second kappa shape index (κ2) is 7.97. The predicted octanol–water partition coefficient (Wildman–Crippen LogP) is 3.41. The van der Waals surface area contributed by atoms with Gasteiger partial charge in [0.25, 0.3) is 5.91 Å². The van der Waals surface area contributed by atoms with Crippen molar-refractivity contribution in [2.24, 2.45) is 5.10 Å². The minimum absolute atomic E-state index is 0.166. The molecule has 0 aromatic heterocycles. The highest BCUT2D eigenvalue weighted by Gasteiger charge is 2.00. The van der Waals surface area contributed by atoms with Gasteiger partial charge < -0.3 is 10.1 Å². The zero-order valence-corrected chi connectivity index (χ0v) is 13.9. The molecule has 3 aromatic rings. The van der Waals surface area contributed by atoms with Crippen LogP contribution in [0, 0.1) is 0 Å². The molecule has 2 N–H and O–H groups in total. The van der Waals surface area contributed by atoms with Crippen molar-refractivity contribution in [3.63, 3.8) is 0 Å². The summed E-state index contributed by atoms with van der Waals surface area (Å²) >= 11 is 0. The maximum atomic E-state index is 11.8. The lowest BCUT2D eigenvalue weighted by Crippen LogP contribution is -2.25. The number of para-hydroxylation sites is 1. The van der Waals surface area contributed by atoms with Gasteiger partial charge in [0.05, 0.1) is 19.9 Å². The molecule has 0 bridgehead atoms. The Hall–Kier alpha value is -3.34. The fraction of sp³-hybridized carbons (Fsp3) is 0.100. The zero-order chi connectivity index (χ0) is 17.5. The molecule has 0 aliphatic heterocycles. The number of methoxy groups -OCH3 is 1. The van der Waals surface area contributed by atoms with Gasteiger partial charge in [-0.2, -0.15) is 5.10 Å². The van der Waals surface area contributed by atoms with Crippen molar-refractivity contribution < 1.29 is 9.53 Å². The van der Waals surface area contributed by atoms with Crippen molar-refractivity contribution in [2.45, 2.75) is 0 Å². The Bertz CT molecular complexity index is 892. The number of hydrogen-bond acceptors (Lipinski definition) is 4. The average molecular weight is 333 g/mol. The van der Waals surface area contributed by atoms with Gasteiger partial charge >= 0.3 is 0 Å². The predicted molar refractivity (Wildman–Crippen MR) is 101 cm³/mol. The Balaban J connectivity index is 1.56. The molecule has 5 heteroatoms. The lowest BCUT2D eigenvalue weighted by molar-refractivity contribution is -0.119. The fourth-order valence-corrected chi connectivity index (χ4v) is 2.41. The minimum Gasteiger partial charge on any atom is -0.497 e. The van der Waals surface area contributed by atoms with Gasteiger partial charge in [-0.25, -0.2) is 5.43 Å². The molecule has 126 valence electrons. The first kappa shape index (κ1) is 16.5. The summed E-state index contributed by atoms with van der Waals surface area (Å²) in [4.78, 5) is 11.8. The number of fused-ring (bicyclic) bond motifs is 1. The highest BCUT2D eigenvalue weighted by molar-refractivity contribution is 5.91. The summed E-state index contributed by atoms with van der Waals surface area (Å²) in [5.41, 5.74) is 4.32. The van der Waals surface area contributed by atoms with E-state index < -0.39 is 0 Å². The van der Waals surface area contributed by atoms with Gasteiger partial charge in [0.15, 0.2) is 0 Å². The molecular weight excluding hydrogens is 314 g/mol. The summed E-state index contributed by atoms with van der Waals surface area (Å²) < 4.78 is 5.22. The number of nitrogens with one attached hydrogen (secondary N) is 2. The van der Waals surface area contributed by atoms with Crippen molar-refractivity contribution in [3.8, 4) is 5.75 Å². The van der Waals surface area contributed by atoms with Crippen LogP contribution in [0.1, 0.15) is 5.56 Å². The van der Waals surface area contributed by atoms with E-state index in [1.165, 1.54) is 0 Å². The molecule has 0 saturated carbocycles. The highest BCUT2D eigenvalue weighted by atomic mass is 16.5. The topological polar surface area (TPSA) is 62.7 Å². The normalized spacial score (nSPS) is 10.8. The quantitative estimate of drug-likeness (QED) is 0.537. The summed E-state index contributed by atoms with van der Waals surface area (Å²) in [6.45, 7) is 0.166. The molecule has 0 unspecified atom stereocenters. The maximum absolute atomic E-state index is 11.8. The van der Waals surface area contributed by atoms with E-state index >= 15 is 0 Å². The standard InChI is InChI=1S/C20H19N3O2/c1-25-19-10-9-16-11-15(7-8-17(16)12-19)13-22-23-20(24)14-21-18-5-3-2-4-6-18/h2-13,21H,14H2,1H3,(H,23,24)/b22-13-. The Morgan fingerprint density at radius 3 is 2.60 bits per heavy atom. The van der Waals surface area contributed by atoms with Crippen LogP contribution >= 0.6 is 0 Å². The number of amides is 1. The third-order valence-corrected chi connectivity index (χ3v) is 3.70. The number of hydrogen-bond donors (Lipinski definition) is 2. The number of carbonyl (C=O) groups is 1. The van der Waals surface area contributed by atoms with Gasteiger partial charge in [-0.05, 0) is 46.7 Å². The summed E-state index contributed by atoms with van der Waals surface area (Å²) in [5.74, 6) is 0.623. The molecule has 0 atom stereocenters. The third kappa shape index (κ3) is 4.57. The molecule has 1 amide bonds. The van der Waals surface area contributed by atoms with Gasteiger partial charge in [-0.15, -0.1) is 0 Å². The lowest BCUT2D eigenvalue weighted by atomic mass is 10.1. The number of hydrazone groups is 1. The number of ether oxygens (including phenoxy) is 1. The minimum atomic E-state index is -0.203. The first-order chi connectivity index (χ1) is 12.2. The van der Waals surface area contributed by atoms with Crippen LogP contribution < -0.4 is 15.5 Å². The average Bonchev–Trinajstić information content (AvgIpc) is 2.66. The van der Waals surface area contributed by atoms with Crippen LogP contribution in [-0.4, -0.2) is 25.8 Å². The van der Waals surface area contributed by atoms with Crippen molar-refractivity contribution in [1.82, 2.24) is 5.43 Å². The number of benzene rings is 3. The van der Waals surface area contributed by atoms with E-state index in [4.69, 9.17) is 4.74 Å². The molecule has 0 aliphatic carbocycles. The fourth-order valence-electron chi connectivity index (χ4n) is 2.41. The van der Waals surface area contributed by atoms with E-state index in [0.717, 1.165) is 27.8 Å².